The number of hydrogen-bond acceptors (Lipinski definition) is 3. The summed E-state index contributed by atoms with van der Waals surface area (Å²) in [5.74, 6) is -1.41. The second-order valence-electron chi connectivity index (χ2n) is 4.88. The van der Waals surface area contributed by atoms with Crippen LogP contribution in [0.15, 0.2) is 0 Å². The van der Waals surface area contributed by atoms with Crippen LogP contribution in [0.5, 0.6) is 0 Å². The number of carboxylic acid groups (broad SMARTS) is 1. The van der Waals surface area contributed by atoms with Crippen LogP contribution in [-0.4, -0.2) is 42.1 Å². The maximum absolute atomic E-state index is 11.4. The van der Waals surface area contributed by atoms with E-state index >= 15 is 0 Å². The summed E-state index contributed by atoms with van der Waals surface area (Å²) in [6.45, 7) is 3.86. The fraction of sp³-hybridized carbons (Fsp3) is 0.750. The van der Waals surface area contributed by atoms with Crippen molar-refractivity contribution in [3.8, 4) is 0 Å². The maximum Gasteiger partial charge on any atom is 0.315 e. The van der Waals surface area contributed by atoms with Gasteiger partial charge >= 0.3 is 12.0 Å². The maximum atomic E-state index is 11.4. The van der Waals surface area contributed by atoms with Gasteiger partial charge in [0.2, 0.25) is 5.91 Å². The molecular weight excluding hydrogens is 250 g/mol. The molecule has 0 saturated heterocycles. The average Bonchev–Trinajstić information content (AvgIpc) is 3.17. The number of rotatable bonds is 7. The summed E-state index contributed by atoms with van der Waals surface area (Å²) in [5, 5.41) is 16.6. The highest BCUT2D eigenvalue weighted by Gasteiger charge is 2.29. The first-order chi connectivity index (χ1) is 8.91. The molecule has 2 unspecified atom stereocenters. The van der Waals surface area contributed by atoms with Crippen molar-refractivity contribution in [3.05, 3.63) is 0 Å². The van der Waals surface area contributed by atoms with E-state index in [-0.39, 0.29) is 11.8 Å². The Kier molecular flexibility index (Phi) is 5.59. The summed E-state index contributed by atoms with van der Waals surface area (Å²) in [4.78, 5) is 33.4. The molecule has 19 heavy (non-hydrogen) atoms. The zero-order chi connectivity index (χ0) is 14.4. The third-order valence-electron chi connectivity index (χ3n) is 3.16. The fourth-order valence-electron chi connectivity index (χ4n) is 1.45. The molecule has 1 rings (SSSR count). The van der Waals surface area contributed by atoms with Gasteiger partial charge in [-0.25, -0.2) is 4.79 Å². The smallest absolute Gasteiger partial charge is 0.315 e. The molecule has 4 N–H and O–H groups in total. The van der Waals surface area contributed by atoms with E-state index in [0.717, 1.165) is 12.8 Å². The van der Waals surface area contributed by atoms with Crippen LogP contribution in [0.3, 0.4) is 0 Å². The highest BCUT2D eigenvalue weighted by molar-refractivity contribution is 5.81. The number of urea groups is 1. The SMILES string of the molecule is CC(NC(=O)NCCNC(=O)C1CC1)C(C)C(=O)O. The van der Waals surface area contributed by atoms with Crippen molar-refractivity contribution < 1.29 is 19.5 Å². The predicted octanol–water partition coefficient (Wildman–Crippen LogP) is -0.0790. The van der Waals surface area contributed by atoms with E-state index in [1.807, 2.05) is 0 Å². The van der Waals surface area contributed by atoms with Crippen LogP contribution in [-0.2, 0) is 9.59 Å². The number of carboxylic acids is 1. The third-order valence-corrected chi connectivity index (χ3v) is 3.16. The van der Waals surface area contributed by atoms with E-state index in [1.54, 1.807) is 6.92 Å². The summed E-state index contributed by atoms with van der Waals surface area (Å²) in [6.07, 6.45) is 1.90. The molecule has 0 bridgehead atoms. The lowest BCUT2D eigenvalue weighted by Crippen LogP contribution is -2.47. The van der Waals surface area contributed by atoms with Crippen molar-refractivity contribution in [2.24, 2.45) is 11.8 Å². The molecule has 108 valence electrons. The van der Waals surface area contributed by atoms with Crippen LogP contribution in [0.4, 0.5) is 4.79 Å². The topological polar surface area (TPSA) is 108 Å². The largest absolute Gasteiger partial charge is 0.481 e. The lowest BCUT2D eigenvalue weighted by atomic mass is 10.0. The molecular formula is C12H21N3O4. The Bertz CT molecular complexity index is 355. The zero-order valence-electron chi connectivity index (χ0n) is 11.2. The minimum Gasteiger partial charge on any atom is -0.481 e. The van der Waals surface area contributed by atoms with E-state index in [2.05, 4.69) is 16.0 Å². The summed E-state index contributed by atoms with van der Waals surface area (Å²) in [7, 11) is 0. The summed E-state index contributed by atoms with van der Waals surface area (Å²) < 4.78 is 0. The van der Waals surface area contributed by atoms with Gasteiger partial charge in [0, 0.05) is 25.0 Å². The Morgan fingerprint density at radius 1 is 1.16 bits per heavy atom. The van der Waals surface area contributed by atoms with Gasteiger partial charge in [-0.05, 0) is 26.7 Å². The van der Waals surface area contributed by atoms with E-state index in [1.165, 1.54) is 6.92 Å². The van der Waals surface area contributed by atoms with Crippen molar-refractivity contribution in [2.45, 2.75) is 32.7 Å². The molecule has 0 radical (unpaired) electrons. The van der Waals surface area contributed by atoms with Gasteiger partial charge < -0.3 is 21.1 Å². The van der Waals surface area contributed by atoms with Crippen LogP contribution < -0.4 is 16.0 Å². The monoisotopic (exact) mass is 271 g/mol. The molecule has 0 aliphatic heterocycles. The third kappa shape index (κ3) is 5.58. The minimum atomic E-state index is -0.954. The quantitative estimate of drug-likeness (QED) is 0.486. The van der Waals surface area contributed by atoms with Crippen LogP contribution in [0.25, 0.3) is 0 Å². The van der Waals surface area contributed by atoms with Gasteiger partial charge in [0.05, 0.1) is 5.92 Å². The van der Waals surface area contributed by atoms with Crippen LogP contribution in [0.1, 0.15) is 26.7 Å². The number of aliphatic carboxylic acids is 1. The number of carbonyl (C=O) groups excluding carboxylic acids is 2. The molecule has 3 amide bonds. The molecule has 7 nitrogen and oxygen atoms in total. The Morgan fingerprint density at radius 2 is 1.74 bits per heavy atom. The van der Waals surface area contributed by atoms with E-state index in [9.17, 15) is 14.4 Å². The molecule has 1 saturated carbocycles. The predicted molar refractivity (Wildman–Crippen MR) is 68.5 cm³/mol. The number of hydrogen-bond donors (Lipinski definition) is 4. The van der Waals surface area contributed by atoms with Crippen molar-refractivity contribution >= 4 is 17.9 Å². The molecule has 0 aromatic rings. The van der Waals surface area contributed by atoms with Gasteiger partial charge in [-0.15, -0.1) is 0 Å². The summed E-state index contributed by atoms with van der Waals surface area (Å²) in [6, 6.07) is -0.889. The standard InChI is InChI=1S/C12H21N3O4/c1-7(11(17)18)8(2)15-12(19)14-6-5-13-10(16)9-3-4-9/h7-9H,3-6H2,1-2H3,(H,13,16)(H,17,18)(H2,14,15,19). The molecule has 1 fully saturated rings. The lowest BCUT2D eigenvalue weighted by molar-refractivity contribution is -0.141. The minimum absolute atomic E-state index is 0.0371. The second kappa shape index (κ2) is 6.96. The zero-order valence-corrected chi connectivity index (χ0v) is 11.2. The van der Waals surface area contributed by atoms with Crippen molar-refractivity contribution in [2.75, 3.05) is 13.1 Å². The van der Waals surface area contributed by atoms with Crippen molar-refractivity contribution in [3.63, 3.8) is 0 Å². The first-order valence-electron chi connectivity index (χ1n) is 6.46. The van der Waals surface area contributed by atoms with E-state index < -0.39 is 24.0 Å². The van der Waals surface area contributed by atoms with Gasteiger partial charge in [0.1, 0.15) is 0 Å². The van der Waals surface area contributed by atoms with Gasteiger partial charge in [-0.2, -0.15) is 0 Å². The average molecular weight is 271 g/mol. The molecule has 7 heteroatoms. The van der Waals surface area contributed by atoms with Gasteiger partial charge in [0.15, 0.2) is 0 Å². The van der Waals surface area contributed by atoms with Crippen LogP contribution >= 0.6 is 0 Å². The van der Waals surface area contributed by atoms with Crippen LogP contribution in [0.2, 0.25) is 0 Å². The summed E-state index contributed by atoms with van der Waals surface area (Å²) >= 11 is 0. The Hall–Kier alpha value is -1.79. The molecule has 0 aromatic carbocycles. The molecule has 0 aromatic heterocycles. The first-order valence-corrected chi connectivity index (χ1v) is 6.46. The molecule has 0 heterocycles. The first kappa shape index (κ1) is 15.3. The van der Waals surface area contributed by atoms with Gasteiger partial charge in [-0.1, -0.05) is 0 Å². The normalized spacial score (nSPS) is 17.2. The summed E-state index contributed by atoms with van der Waals surface area (Å²) in [5.41, 5.74) is 0. The van der Waals surface area contributed by atoms with Gasteiger partial charge in [-0.3, -0.25) is 9.59 Å². The highest BCUT2D eigenvalue weighted by Crippen LogP contribution is 2.28. The Balaban J connectivity index is 2.10. The highest BCUT2D eigenvalue weighted by atomic mass is 16.4. The number of amides is 3. The molecule has 1 aliphatic carbocycles. The van der Waals surface area contributed by atoms with Crippen LogP contribution in [0, 0.1) is 11.8 Å². The fourth-order valence-corrected chi connectivity index (χ4v) is 1.45. The van der Waals surface area contributed by atoms with E-state index in [0.29, 0.717) is 13.1 Å². The Labute approximate surface area is 112 Å². The lowest BCUT2D eigenvalue weighted by Gasteiger charge is -2.18. The van der Waals surface area contributed by atoms with Crippen molar-refractivity contribution in [1.82, 2.24) is 16.0 Å². The molecule has 2 atom stereocenters. The number of nitrogens with one attached hydrogen (secondary N) is 3. The molecule has 0 spiro atoms. The Morgan fingerprint density at radius 3 is 2.26 bits per heavy atom. The molecule has 1 aliphatic rings. The van der Waals surface area contributed by atoms with Crippen molar-refractivity contribution in [1.29, 1.82) is 0 Å². The van der Waals surface area contributed by atoms with E-state index in [4.69, 9.17) is 5.11 Å². The number of carbonyl (C=O) groups is 3. The second-order valence-corrected chi connectivity index (χ2v) is 4.88. The van der Waals surface area contributed by atoms with Gasteiger partial charge in [0.25, 0.3) is 0 Å².